The predicted molar refractivity (Wildman–Crippen MR) is 62.3 cm³/mol. The molecule has 0 aromatic rings. The van der Waals surface area contributed by atoms with E-state index in [-0.39, 0.29) is 5.60 Å². The Morgan fingerprint density at radius 1 is 1.50 bits per heavy atom. The van der Waals surface area contributed by atoms with Gasteiger partial charge in [-0.3, -0.25) is 0 Å². The van der Waals surface area contributed by atoms with Crippen LogP contribution in [-0.2, 0) is 4.43 Å². The van der Waals surface area contributed by atoms with Gasteiger partial charge in [0.2, 0.25) is 8.32 Å². The SMILES string of the molecule is C=C[Si](C)(C=C)OC12C=CC(CC1)C2. The van der Waals surface area contributed by atoms with E-state index >= 15 is 0 Å². The van der Waals surface area contributed by atoms with Crippen LogP contribution in [0.1, 0.15) is 19.3 Å². The normalized spacial score (nSPS) is 34.8. The van der Waals surface area contributed by atoms with Crippen LogP contribution in [-0.4, -0.2) is 13.9 Å². The highest BCUT2D eigenvalue weighted by atomic mass is 28.4. The summed E-state index contributed by atoms with van der Waals surface area (Å²) in [5, 5.41) is 0. The van der Waals surface area contributed by atoms with Crippen LogP contribution in [0.3, 0.4) is 0 Å². The number of allylic oxidation sites excluding steroid dienone is 1. The monoisotopic (exact) mass is 206 g/mol. The van der Waals surface area contributed by atoms with Crippen LogP contribution >= 0.6 is 0 Å². The highest BCUT2D eigenvalue weighted by Gasteiger charge is 2.44. The number of fused-ring (bicyclic) bond motifs is 2. The van der Waals surface area contributed by atoms with Gasteiger partial charge in [0.05, 0.1) is 5.60 Å². The van der Waals surface area contributed by atoms with Gasteiger partial charge in [-0.2, -0.15) is 0 Å². The van der Waals surface area contributed by atoms with Gasteiger partial charge in [0.25, 0.3) is 0 Å². The largest absolute Gasteiger partial charge is 0.401 e. The first kappa shape index (κ1) is 9.93. The van der Waals surface area contributed by atoms with E-state index in [1.165, 1.54) is 19.3 Å². The fraction of sp³-hybridized carbons (Fsp3) is 0.500. The van der Waals surface area contributed by atoms with Gasteiger partial charge in [0.15, 0.2) is 0 Å². The topological polar surface area (TPSA) is 9.23 Å². The van der Waals surface area contributed by atoms with E-state index in [1.807, 2.05) is 11.4 Å². The highest BCUT2D eigenvalue weighted by Crippen LogP contribution is 2.46. The molecule has 0 amide bonds. The molecule has 2 rings (SSSR count). The molecular formula is C12H18OSi. The average molecular weight is 206 g/mol. The summed E-state index contributed by atoms with van der Waals surface area (Å²) in [5.74, 6) is 0.767. The summed E-state index contributed by atoms with van der Waals surface area (Å²) in [6.07, 6.45) is 8.22. The van der Waals surface area contributed by atoms with Crippen molar-refractivity contribution < 1.29 is 4.43 Å². The van der Waals surface area contributed by atoms with Gasteiger partial charge >= 0.3 is 0 Å². The number of hydrogen-bond donors (Lipinski definition) is 0. The van der Waals surface area contributed by atoms with Crippen LogP contribution in [0.4, 0.5) is 0 Å². The Hall–Kier alpha value is -0.603. The quantitative estimate of drug-likeness (QED) is 0.507. The molecule has 1 nitrogen and oxygen atoms in total. The maximum absolute atomic E-state index is 6.29. The van der Waals surface area contributed by atoms with Crippen molar-refractivity contribution in [3.63, 3.8) is 0 Å². The summed E-state index contributed by atoms with van der Waals surface area (Å²) in [5.41, 5.74) is 3.97. The first-order valence-corrected chi connectivity index (χ1v) is 7.84. The third-order valence-electron chi connectivity index (χ3n) is 3.45. The molecular weight excluding hydrogens is 188 g/mol. The lowest BCUT2D eigenvalue weighted by atomic mass is 10.0. The molecule has 0 N–H and O–H groups in total. The molecule has 1 saturated carbocycles. The molecule has 2 aliphatic rings. The predicted octanol–water partition coefficient (Wildman–Crippen LogP) is 3.14. The molecule has 2 atom stereocenters. The lowest BCUT2D eigenvalue weighted by Crippen LogP contribution is -2.41. The maximum atomic E-state index is 6.29. The van der Waals surface area contributed by atoms with Crippen molar-refractivity contribution >= 4 is 8.32 Å². The van der Waals surface area contributed by atoms with Crippen LogP contribution in [0.2, 0.25) is 6.55 Å². The zero-order valence-corrected chi connectivity index (χ0v) is 9.83. The van der Waals surface area contributed by atoms with E-state index in [1.54, 1.807) is 0 Å². The average Bonchev–Trinajstić information content (AvgIpc) is 2.77. The standard InChI is InChI=1S/C12H18OSi/c1-4-14(3,5-2)13-12-8-6-11(10-12)7-9-12/h4-6,8,11H,1-2,7,9-10H2,3H3. The van der Waals surface area contributed by atoms with Crippen molar-refractivity contribution in [2.45, 2.75) is 31.4 Å². The lowest BCUT2D eigenvalue weighted by molar-refractivity contribution is 0.127. The van der Waals surface area contributed by atoms with E-state index in [4.69, 9.17) is 4.43 Å². The van der Waals surface area contributed by atoms with Crippen LogP contribution in [0.15, 0.2) is 36.7 Å². The van der Waals surface area contributed by atoms with Gasteiger partial charge in [0.1, 0.15) is 0 Å². The Kier molecular flexibility index (Phi) is 2.28. The first-order chi connectivity index (χ1) is 6.61. The molecule has 14 heavy (non-hydrogen) atoms. The third kappa shape index (κ3) is 1.53. The number of rotatable bonds is 4. The van der Waals surface area contributed by atoms with Crippen molar-refractivity contribution in [1.82, 2.24) is 0 Å². The van der Waals surface area contributed by atoms with Gasteiger partial charge in [-0.25, -0.2) is 0 Å². The molecule has 0 heterocycles. The molecule has 0 radical (unpaired) electrons. The van der Waals surface area contributed by atoms with Crippen molar-refractivity contribution in [2.75, 3.05) is 0 Å². The second-order valence-electron chi connectivity index (χ2n) is 4.62. The smallest absolute Gasteiger partial charge is 0.238 e. The van der Waals surface area contributed by atoms with Crippen molar-refractivity contribution in [3.8, 4) is 0 Å². The lowest BCUT2D eigenvalue weighted by Gasteiger charge is -2.33. The summed E-state index contributed by atoms with van der Waals surface area (Å²) >= 11 is 0. The van der Waals surface area contributed by atoms with Gasteiger partial charge in [-0.15, -0.1) is 13.2 Å². The molecule has 2 heteroatoms. The molecule has 0 aromatic carbocycles. The molecule has 1 fully saturated rings. The summed E-state index contributed by atoms with van der Waals surface area (Å²) in [7, 11) is -1.85. The maximum Gasteiger partial charge on any atom is 0.238 e. The van der Waals surface area contributed by atoms with E-state index in [0.29, 0.717) is 0 Å². The minimum Gasteiger partial charge on any atom is -0.401 e. The Bertz CT molecular complexity index is 287. The van der Waals surface area contributed by atoms with Crippen LogP contribution < -0.4 is 0 Å². The molecule has 0 aliphatic heterocycles. The first-order valence-electron chi connectivity index (χ1n) is 5.28. The summed E-state index contributed by atoms with van der Waals surface area (Å²) in [4.78, 5) is 0. The van der Waals surface area contributed by atoms with Crippen LogP contribution in [0.25, 0.3) is 0 Å². The van der Waals surface area contributed by atoms with Crippen LogP contribution in [0.5, 0.6) is 0 Å². The Morgan fingerprint density at radius 3 is 2.57 bits per heavy atom. The van der Waals surface area contributed by atoms with Crippen molar-refractivity contribution in [3.05, 3.63) is 36.7 Å². The Balaban J connectivity index is 2.14. The third-order valence-corrected chi connectivity index (χ3v) is 5.92. The fourth-order valence-electron chi connectivity index (χ4n) is 2.44. The van der Waals surface area contributed by atoms with Gasteiger partial charge in [-0.05, 0) is 31.7 Å². The Labute approximate surface area is 87.3 Å². The van der Waals surface area contributed by atoms with Crippen molar-refractivity contribution in [2.24, 2.45) is 5.92 Å². The molecule has 0 saturated heterocycles. The molecule has 2 unspecified atom stereocenters. The zero-order valence-electron chi connectivity index (χ0n) is 8.83. The molecule has 2 aliphatic carbocycles. The van der Waals surface area contributed by atoms with Crippen LogP contribution in [0, 0.1) is 5.92 Å². The van der Waals surface area contributed by atoms with E-state index < -0.39 is 8.32 Å². The van der Waals surface area contributed by atoms with Gasteiger partial charge in [0, 0.05) is 0 Å². The summed E-state index contributed by atoms with van der Waals surface area (Å²) in [6, 6.07) is 0. The van der Waals surface area contributed by atoms with Gasteiger partial charge in [-0.1, -0.05) is 23.6 Å². The summed E-state index contributed by atoms with van der Waals surface area (Å²) in [6.45, 7) is 9.89. The minimum atomic E-state index is -1.85. The zero-order chi connectivity index (χ0) is 10.2. The fourth-order valence-corrected chi connectivity index (χ4v) is 3.90. The molecule has 76 valence electrons. The molecule has 0 spiro atoms. The highest BCUT2D eigenvalue weighted by molar-refractivity contribution is 6.82. The van der Waals surface area contributed by atoms with E-state index in [9.17, 15) is 0 Å². The minimum absolute atomic E-state index is 0.0357. The van der Waals surface area contributed by atoms with E-state index in [2.05, 4.69) is 31.9 Å². The van der Waals surface area contributed by atoms with Crippen molar-refractivity contribution in [1.29, 1.82) is 0 Å². The van der Waals surface area contributed by atoms with E-state index in [0.717, 1.165) is 5.92 Å². The molecule has 0 aromatic heterocycles. The number of hydrogen-bond acceptors (Lipinski definition) is 1. The second-order valence-corrected chi connectivity index (χ2v) is 8.01. The molecule has 2 bridgehead atoms. The Morgan fingerprint density at radius 2 is 2.21 bits per heavy atom. The van der Waals surface area contributed by atoms with Gasteiger partial charge < -0.3 is 4.43 Å². The summed E-state index contributed by atoms with van der Waals surface area (Å²) < 4.78 is 6.29. The second kappa shape index (κ2) is 3.21.